The number of methoxy groups -OCH3 is 1. The molecule has 0 atom stereocenters. The molecule has 0 radical (unpaired) electrons. The highest BCUT2D eigenvalue weighted by Gasteiger charge is 2.11. The van der Waals surface area contributed by atoms with E-state index in [2.05, 4.69) is 12.2 Å². The summed E-state index contributed by atoms with van der Waals surface area (Å²) in [6.07, 6.45) is 7.88. The molecule has 1 rings (SSSR count). The number of rotatable bonds is 12. The molecule has 0 aliphatic heterocycles. The van der Waals surface area contributed by atoms with Crippen LogP contribution in [0.5, 0.6) is 11.5 Å². The van der Waals surface area contributed by atoms with Crippen molar-refractivity contribution in [2.24, 2.45) is 0 Å². The summed E-state index contributed by atoms with van der Waals surface area (Å²) in [7, 11) is 1.52. The minimum absolute atomic E-state index is 0.0541. The van der Waals surface area contributed by atoms with Gasteiger partial charge >= 0.3 is 0 Å². The van der Waals surface area contributed by atoms with Crippen LogP contribution in [0.4, 0.5) is 0 Å². The van der Waals surface area contributed by atoms with Gasteiger partial charge in [-0.25, -0.2) is 0 Å². The molecule has 0 unspecified atom stereocenters. The Morgan fingerprint density at radius 2 is 1.91 bits per heavy atom. The van der Waals surface area contributed by atoms with Gasteiger partial charge in [-0.15, -0.1) is 0 Å². The van der Waals surface area contributed by atoms with E-state index in [0.717, 1.165) is 11.5 Å². The lowest BCUT2D eigenvalue weighted by molar-refractivity contribution is 0.0953. The normalized spacial score (nSPS) is 10.5. The van der Waals surface area contributed by atoms with Crippen LogP contribution in [0.2, 0.25) is 0 Å². The van der Waals surface area contributed by atoms with Crippen molar-refractivity contribution < 1.29 is 14.6 Å². The predicted octanol–water partition coefficient (Wildman–Crippen LogP) is 4.22. The number of amides is 1. The zero-order chi connectivity index (χ0) is 16.9. The Morgan fingerprint density at radius 3 is 2.61 bits per heavy atom. The van der Waals surface area contributed by atoms with Crippen molar-refractivity contribution in [3.8, 4) is 11.5 Å². The van der Waals surface area contributed by atoms with Crippen molar-refractivity contribution >= 4 is 17.7 Å². The first-order chi connectivity index (χ1) is 11.2. The first-order valence-corrected chi connectivity index (χ1v) is 9.57. The summed E-state index contributed by atoms with van der Waals surface area (Å²) >= 11 is 1.87. The van der Waals surface area contributed by atoms with E-state index in [0.29, 0.717) is 12.3 Å². The number of carbonyl (C=O) groups is 1. The van der Waals surface area contributed by atoms with Crippen LogP contribution in [-0.2, 0) is 0 Å². The lowest BCUT2D eigenvalue weighted by atomic mass is 10.1. The number of ether oxygens (including phenoxy) is 1. The second kappa shape index (κ2) is 12.1. The van der Waals surface area contributed by atoms with E-state index >= 15 is 0 Å². The summed E-state index contributed by atoms with van der Waals surface area (Å²) in [5.41, 5.74) is 0.284. The smallest absolute Gasteiger partial charge is 0.255 e. The molecular formula is C18H29NO3S. The number of thioether (sulfide) groups is 1. The van der Waals surface area contributed by atoms with Crippen LogP contribution < -0.4 is 10.1 Å². The minimum atomic E-state index is -0.245. The highest BCUT2D eigenvalue weighted by atomic mass is 32.2. The van der Waals surface area contributed by atoms with Gasteiger partial charge < -0.3 is 15.2 Å². The van der Waals surface area contributed by atoms with Crippen molar-refractivity contribution in [3.05, 3.63) is 23.8 Å². The molecule has 23 heavy (non-hydrogen) atoms. The molecule has 0 aliphatic carbocycles. The Labute approximate surface area is 144 Å². The maximum Gasteiger partial charge on any atom is 0.255 e. The molecule has 0 aromatic heterocycles. The largest absolute Gasteiger partial charge is 0.507 e. The van der Waals surface area contributed by atoms with Crippen LogP contribution >= 0.6 is 11.8 Å². The number of phenols is 1. The molecule has 0 saturated carbocycles. The molecule has 1 aromatic carbocycles. The quantitative estimate of drug-likeness (QED) is 0.560. The fourth-order valence-corrected chi connectivity index (χ4v) is 3.11. The fraction of sp³-hybridized carbons (Fsp3) is 0.611. The van der Waals surface area contributed by atoms with Gasteiger partial charge in [-0.2, -0.15) is 11.8 Å². The number of phenolic OH excluding ortho intramolecular Hbond substituents is 1. The minimum Gasteiger partial charge on any atom is -0.507 e. The first kappa shape index (κ1) is 19.7. The van der Waals surface area contributed by atoms with Crippen molar-refractivity contribution in [3.63, 3.8) is 0 Å². The molecule has 0 bridgehead atoms. The average molecular weight is 340 g/mol. The summed E-state index contributed by atoms with van der Waals surface area (Å²) < 4.78 is 5.00. The van der Waals surface area contributed by atoms with Crippen LogP contribution in [0.3, 0.4) is 0 Å². The summed E-state index contributed by atoms with van der Waals surface area (Å²) in [6.45, 7) is 2.85. The molecule has 0 heterocycles. The molecule has 4 nitrogen and oxygen atoms in total. The van der Waals surface area contributed by atoms with Crippen LogP contribution in [0.1, 0.15) is 55.8 Å². The third-order valence-corrected chi connectivity index (χ3v) is 4.69. The third-order valence-electron chi connectivity index (χ3n) is 3.62. The molecule has 0 saturated heterocycles. The van der Waals surface area contributed by atoms with E-state index in [9.17, 15) is 9.90 Å². The Kier molecular flexibility index (Phi) is 10.4. The number of nitrogens with one attached hydrogen (secondary N) is 1. The van der Waals surface area contributed by atoms with E-state index in [1.54, 1.807) is 12.1 Å². The fourth-order valence-electron chi connectivity index (χ4n) is 2.25. The molecule has 1 amide bonds. The van der Waals surface area contributed by atoms with E-state index in [-0.39, 0.29) is 17.2 Å². The van der Waals surface area contributed by atoms with Gasteiger partial charge in [-0.3, -0.25) is 4.79 Å². The summed E-state index contributed by atoms with van der Waals surface area (Å²) in [5.74, 6) is 2.29. The van der Waals surface area contributed by atoms with Gasteiger partial charge in [-0.05, 0) is 24.3 Å². The number of hydrogen-bond acceptors (Lipinski definition) is 4. The number of unbranched alkanes of at least 4 members (excludes halogenated alkanes) is 5. The Balaban J connectivity index is 2.10. The van der Waals surface area contributed by atoms with E-state index < -0.39 is 0 Å². The zero-order valence-corrected chi connectivity index (χ0v) is 15.1. The number of hydrogen-bond donors (Lipinski definition) is 2. The van der Waals surface area contributed by atoms with Crippen LogP contribution in [0, 0.1) is 0 Å². The first-order valence-electron chi connectivity index (χ1n) is 8.42. The predicted molar refractivity (Wildman–Crippen MR) is 97.7 cm³/mol. The highest BCUT2D eigenvalue weighted by molar-refractivity contribution is 7.99. The van der Waals surface area contributed by atoms with Gasteiger partial charge in [0.1, 0.15) is 11.5 Å². The number of aromatic hydroxyl groups is 1. The SMILES string of the molecule is CCCCCCCCSCCNC(=O)c1ccc(OC)cc1O. The number of carbonyl (C=O) groups excluding carboxylic acids is 1. The van der Waals surface area contributed by atoms with E-state index in [4.69, 9.17) is 4.74 Å². The Hall–Kier alpha value is -1.36. The summed E-state index contributed by atoms with van der Waals surface area (Å²) in [5, 5.41) is 12.6. The standard InChI is InChI=1S/C18H29NO3S/c1-3-4-5-6-7-8-12-23-13-11-19-18(21)16-10-9-15(22-2)14-17(16)20/h9-10,14,20H,3-8,11-13H2,1-2H3,(H,19,21). The number of benzene rings is 1. The second-order valence-corrected chi connectivity index (χ2v) is 6.74. The van der Waals surface area contributed by atoms with Crippen molar-refractivity contribution in [2.45, 2.75) is 45.4 Å². The topological polar surface area (TPSA) is 58.6 Å². The maximum atomic E-state index is 12.0. The molecular weight excluding hydrogens is 310 g/mol. The summed E-state index contributed by atoms with van der Waals surface area (Å²) in [6, 6.07) is 4.69. The molecule has 5 heteroatoms. The van der Waals surface area contributed by atoms with Crippen LogP contribution in [0.25, 0.3) is 0 Å². The van der Waals surface area contributed by atoms with Crippen molar-refractivity contribution in [2.75, 3.05) is 25.2 Å². The molecule has 0 aliphatic rings. The average Bonchev–Trinajstić information content (AvgIpc) is 2.56. The molecule has 0 spiro atoms. The molecule has 2 N–H and O–H groups in total. The van der Waals surface area contributed by atoms with Gasteiger partial charge in [0.15, 0.2) is 0 Å². The van der Waals surface area contributed by atoms with Crippen molar-refractivity contribution in [1.82, 2.24) is 5.32 Å². The van der Waals surface area contributed by atoms with Gasteiger partial charge in [-0.1, -0.05) is 39.0 Å². The lowest BCUT2D eigenvalue weighted by Crippen LogP contribution is -2.25. The second-order valence-electron chi connectivity index (χ2n) is 5.52. The van der Waals surface area contributed by atoms with Gasteiger partial charge in [0, 0.05) is 18.4 Å². The third kappa shape index (κ3) is 8.16. The molecule has 0 fully saturated rings. The zero-order valence-electron chi connectivity index (χ0n) is 14.3. The van der Waals surface area contributed by atoms with Gasteiger partial charge in [0.25, 0.3) is 5.91 Å². The molecule has 130 valence electrons. The maximum absolute atomic E-state index is 12.0. The molecule has 1 aromatic rings. The Morgan fingerprint density at radius 1 is 1.17 bits per heavy atom. The van der Waals surface area contributed by atoms with E-state index in [1.807, 2.05) is 11.8 Å². The highest BCUT2D eigenvalue weighted by Crippen LogP contribution is 2.23. The monoisotopic (exact) mass is 339 g/mol. The summed E-state index contributed by atoms with van der Waals surface area (Å²) in [4.78, 5) is 12.0. The van der Waals surface area contributed by atoms with Gasteiger partial charge in [0.05, 0.1) is 12.7 Å². The van der Waals surface area contributed by atoms with Crippen LogP contribution in [0.15, 0.2) is 18.2 Å². The van der Waals surface area contributed by atoms with E-state index in [1.165, 1.54) is 51.7 Å². The van der Waals surface area contributed by atoms with Crippen molar-refractivity contribution in [1.29, 1.82) is 0 Å². The Bertz CT molecular complexity index is 466. The van der Waals surface area contributed by atoms with Gasteiger partial charge in [0.2, 0.25) is 0 Å². The lowest BCUT2D eigenvalue weighted by Gasteiger charge is -2.08. The van der Waals surface area contributed by atoms with Crippen LogP contribution in [-0.4, -0.2) is 36.2 Å².